The molecule has 9 nitrogen and oxygen atoms in total. The highest BCUT2D eigenvalue weighted by molar-refractivity contribution is 5.86. The van der Waals surface area contributed by atoms with Gasteiger partial charge in [0.2, 0.25) is 0 Å². The van der Waals surface area contributed by atoms with Crippen LogP contribution in [0.15, 0.2) is 24.5 Å². The predicted molar refractivity (Wildman–Crippen MR) is 110 cm³/mol. The minimum atomic E-state index is -0.987. The van der Waals surface area contributed by atoms with Gasteiger partial charge in [0.15, 0.2) is 0 Å². The molecule has 2 aromatic heterocycles. The Morgan fingerprint density at radius 1 is 1.27 bits per heavy atom. The summed E-state index contributed by atoms with van der Waals surface area (Å²) >= 11 is 0. The van der Waals surface area contributed by atoms with Gasteiger partial charge in [0.1, 0.15) is 11.4 Å². The zero-order valence-electron chi connectivity index (χ0n) is 17.6. The normalized spacial score (nSPS) is 22.5. The third kappa shape index (κ3) is 4.24. The quantitative estimate of drug-likeness (QED) is 0.774. The van der Waals surface area contributed by atoms with Crippen LogP contribution in [-0.2, 0) is 11.3 Å². The number of rotatable bonds is 5. The van der Waals surface area contributed by atoms with Gasteiger partial charge in [0.05, 0.1) is 18.3 Å². The number of pyridine rings is 1. The first-order valence-corrected chi connectivity index (χ1v) is 10.1. The molecular weight excluding hydrogens is 386 g/mol. The Bertz CT molecular complexity index is 968. The molecule has 3 atom stereocenters. The number of ether oxygens (including phenoxy) is 1. The van der Waals surface area contributed by atoms with Crippen LogP contribution in [0.25, 0.3) is 0 Å². The number of aryl methyl sites for hydroxylation is 1. The van der Waals surface area contributed by atoms with Crippen molar-refractivity contribution in [2.75, 3.05) is 18.0 Å². The van der Waals surface area contributed by atoms with Crippen LogP contribution in [-0.4, -0.2) is 56.7 Å². The summed E-state index contributed by atoms with van der Waals surface area (Å²) in [5, 5.41) is 16.1. The molecule has 0 aromatic carbocycles. The predicted octanol–water partition coefficient (Wildman–Crippen LogP) is 2.29. The van der Waals surface area contributed by atoms with E-state index in [1.165, 1.54) is 12.4 Å². The lowest BCUT2D eigenvalue weighted by molar-refractivity contribution is 0.0517. The molecular formula is C21H27N5O4. The van der Waals surface area contributed by atoms with Gasteiger partial charge in [-0.15, -0.1) is 0 Å². The lowest BCUT2D eigenvalue weighted by Gasteiger charge is -2.23. The Morgan fingerprint density at radius 3 is 2.53 bits per heavy atom. The number of aromatic nitrogens is 3. The van der Waals surface area contributed by atoms with Crippen LogP contribution in [0.5, 0.6) is 0 Å². The number of aromatic carboxylic acids is 1. The molecule has 0 bridgehead atoms. The first kappa shape index (κ1) is 20.2. The summed E-state index contributed by atoms with van der Waals surface area (Å²) in [5.74, 6) is 0.792. The first-order chi connectivity index (χ1) is 14.1. The van der Waals surface area contributed by atoms with Gasteiger partial charge in [-0.05, 0) is 39.3 Å². The molecule has 9 heteroatoms. The van der Waals surface area contributed by atoms with E-state index in [4.69, 9.17) is 14.8 Å². The fraction of sp³-hybridized carbons (Fsp3) is 0.524. The molecule has 1 saturated carbocycles. The molecule has 3 heterocycles. The van der Waals surface area contributed by atoms with Crippen LogP contribution in [0.3, 0.4) is 0 Å². The maximum atomic E-state index is 12.0. The Morgan fingerprint density at radius 2 is 1.97 bits per heavy atom. The summed E-state index contributed by atoms with van der Waals surface area (Å²) in [6, 6.07) is 4.19. The second kappa shape index (κ2) is 7.30. The smallest absolute Gasteiger partial charge is 0.407 e. The van der Waals surface area contributed by atoms with Gasteiger partial charge in [-0.3, -0.25) is 4.68 Å². The number of piperidine rings is 1. The molecule has 1 aliphatic carbocycles. The molecule has 0 spiro atoms. The van der Waals surface area contributed by atoms with E-state index in [0.29, 0.717) is 18.4 Å². The molecule has 1 saturated heterocycles. The largest absolute Gasteiger partial charge is 0.478 e. The lowest BCUT2D eigenvalue weighted by atomic mass is 10.2. The standard InChI is InChI=1S/C21H27N5O4/c1-12-13(8-26-9-14(7-22-26)19(27)28)5-6-17(23-12)25-10-15-16(11-25)18(15)24-20(29)30-21(2,3)4/h5-7,9,15-16,18H,8,10-11H2,1-4H3,(H,24,29)(H,27,28)/t15-,16+,18+. The average molecular weight is 413 g/mol. The zero-order valence-corrected chi connectivity index (χ0v) is 17.6. The van der Waals surface area contributed by atoms with Crippen molar-refractivity contribution in [3.63, 3.8) is 0 Å². The monoisotopic (exact) mass is 413 g/mol. The summed E-state index contributed by atoms with van der Waals surface area (Å²) in [5.41, 5.74) is 1.56. The SMILES string of the molecule is Cc1nc(N2C[C@@H]3[C@H](C2)[C@H]3NC(=O)OC(C)(C)C)ccc1Cn1cc(C(=O)O)cn1. The number of carboxylic acid groups (broad SMARTS) is 1. The highest BCUT2D eigenvalue weighted by atomic mass is 16.6. The number of nitrogens with zero attached hydrogens (tertiary/aromatic N) is 4. The maximum Gasteiger partial charge on any atom is 0.407 e. The van der Waals surface area contributed by atoms with Crippen molar-refractivity contribution >= 4 is 17.9 Å². The van der Waals surface area contributed by atoms with Crippen LogP contribution in [0, 0.1) is 18.8 Å². The van der Waals surface area contributed by atoms with E-state index in [0.717, 1.165) is 30.2 Å². The fourth-order valence-electron chi connectivity index (χ4n) is 4.03. The lowest BCUT2D eigenvalue weighted by Crippen LogP contribution is -2.38. The molecule has 2 aliphatic rings. The summed E-state index contributed by atoms with van der Waals surface area (Å²) in [4.78, 5) is 29.9. The van der Waals surface area contributed by atoms with E-state index >= 15 is 0 Å². The Balaban J connectivity index is 1.33. The van der Waals surface area contributed by atoms with Gasteiger partial charge >= 0.3 is 12.1 Å². The second-order valence-corrected chi connectivity index (χ2v) is 9.05. The number of hydrogen-bond donors (Lipinski definition) is 2. The molecule has 2 aromatic rings. The number of carbonyl (C=O) groups excluding carboxylic acids is 1. The fourth-order valence-corrected chi connectivity index (χ4v) is 4.03. The number of anilines is 1. The van der Waals surface area contributed by atoms with E-state index in [9.17, 15) is 9.59 Å². The topological polar surface area (TPSA) is 110 Å². The van der Waals surface area contributed by atoms with Gasteiger partial charge in [-0.25, -0.2) is 14.6 Å². The highest BCUT2D eigenvalue weighted by Gasteiger charge is 2.57. The van der Waals surface area contributed by atoms with Gasteiger partial charge in [-0.1, -0.05) is 6.07 Å². The van der Waals surface area contributed by atoms with E-state index in [-0.39, 0.29) is 17.7 Å². The van der Waals surface area contributed by atoms with Gasteiger partial charge in [-0.2, -0.15) is 5.10 Å². The Hall–Kier alpha value is -3.10. The molecule has 30 heavy (non-hydrogen) atoms. The Kier molecular flexibility index (Phi) is 4.91. The van der Waals surface area contributed by atoms with E-state index in [1.807, 2.05) is 39.8 Å². The number of hydrogen-bond acceptors (Lipinski definition) is 6. The van der Waals surface area contributed by atoms with Crippen molar-refractivity contribution in [1.82, 2.24) is 20.1 Å². The Labute approximate surface area is 175 Å². The minimum absolute atomic E-state index is 0.170. The van der Waals surface area contributed by atoms with E-state index in [1.54, 1.807) is 4.68 Å². The molecule has 2 N–H and O–H groups in total. The number of fused-ring (bicyclic) bond motifs is 1. The van der Waals surface area contributed by atoms with E-state index in [2.05, 4.69) is 15.3 Å². The zero-order chi connectivity index (χ0) is 21.6. The van der Waals surface area contributed by atoms with Crippen molar-refractivity contribution in [2.45, 2.75) is 45.9 Å². The van der Waals surface area contributed by atoms with Crippen molar-refractivity contribution in [1.29, 1.82) is 0 Å². The number of nitrogens with one attached hydrogen (secondary N) is 1. The van der Waals surface area contributed by atoms with Crippen molar-refractivity contribution in [2.24, 2.45) is 11.8 Å². The van der Waals surface area contributed by atoms with Crippen molar-refractivity contribution < 1.29 is 19.4 Å². The van der Waals surface area contributed by atoms with Crippen molar-refractivity contribution in [3.05, 3.63) is 41.3 Å². The first-order valence-electron chi connectivity index (χ1n) is 10.1. The number of amides is 1. The number of carboxylic acids is 1. The molecule has 160 valence electrons. The third-order valence-corrected chi connectivity index (χ3v) is 5.59. The molecule has 4 rings (SSSR count). The summed E-state index contributed by atoms with van der Waals surface area (Å²) in [7, 11) is 0. The molecule has 0 unspecified atom stereocenters. The van der Waals surface area contributed by atoms with Crippen LogP contribution in [0.4, 0.5) is 10.6 Å². The third-order valence-electron chi connectivity index (χ3n) is 5.59. The molecule has 1 amide bonds. The minimum Gasteiger partial charge on any atom is -0.478 e. The van der Waals surface area contributed by atoms with E-state index < -0.39 is 11.6 Å². The number of carbonyl (C=O) groups is 2. The molecule has 1 aliphatic heterocycles. The maximum absolute atomic E-state index is 12.0. The van der Waals surface area contributed by atoms with Crippen LogP contribution in [0.1, 0.15) is 42.4 Å². The average Bonchev–Trinajstić information content (AvgIpc) is 3.05. The van der Waals surface area contributed by atoms with Crippen LogP contribution < -0.4 is 10.2 Å². The highest BCUT2D eigenvalue weighted by Crippen LogP contribution is 2.46. The van der Waals surface area contributed by atoms with Gasteiger partial charge < -0.3 is 20.1 Å². The van der Waals surface area contributed by atoms with Gasteiger partial charge in [0.25, 0.3) is 0 Å². The van der Waals surface area contributed by atoms with Gasteiger partial charge in [0, 0.05) is 42.9 Å². The van der Waals surface area contributed by atoms with Crippen molar-refractivity contribution in [3.8, 4) is 0 Å². The number of alkyl carbamates (subject to hydrolysis) is 1. The molecule has 2 fully saturated rings. The molecule has 0 radical (unpaired) electrons. The summed E-state index contributed by atoms with van der Waals surface area (Å²) in [6.45, 7) is 9.71. The summed E-state index contributed by atoms with van der Waals surface area (Å²) < 4.78 is 6.94. The van der Waals surface area contributed by atoms with Crippen LogP contribution >= 0.6 is 0 Å². The van der Waals surface area contributed by atoms with Crippen LogP contribution in [0.2, 0.25) is 0 Å². The second-order valence-electron chi connectivity index (χ2n) is 9.05. The summed E-state index contributed by atoms with van der Waals surface area (Å²) in [6.07, 6.45) is 2.51.